The summed E-state index contributed by atoms with van der Waals surface area (Å²) >= 11 is 1.93. The lowest BCUT2D eigenvalue weighted by molar-refractivity contribution is -0.131. The van der Waals surface area contributed by atoms with Gasteiger partial charge in [-0.15, -0.1) is 0 Å². The zero-order valence-electron chi connectivity index (χ0n) is 12.0. The highest BCUT2D eigenvalue weighted by atomic mass is 32.2. The number of aryl methyl sites for hydroxylation is 1. The monoisotopic (exact) mass is 305 g/mol. The van der Waals surface area contributed by atoms with Gasteiger partial charge in [0.05, 0.1) is 0 Å². The molecule has 1 aliphatic heterocycles. The molecule has 21 heavy (non-hydrogen) atoms. The number of carbonyl (C=O) groups excluding carboxylic acids is 1. The fourth-order valence-corrected chi connectivity index (χ4v) is 3.49. The zero-order chi connectivity index (χ0) is 15.2. The van der Waals surface area contributed by atoms with Gasteiger partial charge in [0.2, 0.25) is 0 Å². The van der Waals surface area contributed by atoms with E-state index in [0.29, 0.717) is 18.0 Å². The first-order chi connectivity index (χ1) is 10.1. The molecule has 5 heteroatoms. The second-order valence-corrected chi connectivity index (χ2v) is 6.33. The molecular weight excluding hydrogens is 286 g/mol. The highest BCUT2D eigenvalue weighted by Gasteiger charge is 2.16. The fourth-order valence-electron chi connectivity index (χ4n) is 2.21. The van der Waals surface area contributed by atoms with Crippen LogP contribution in [-0.4, -0.2) is 35.0 Å². The third kappa shape index (κ3) is 4.63. The smallest absolute Gasteiger partial charge is 0.328 e. The molecule has 0 bridgehead atoms. The highest BCUT2D eigenvalue weighted by Crippen LogP contribution is 2.22. The number of carboxylic acids is 1. The third-order valence-corrected chi connectivity index (χ3v) is 4.75. The highest BCUT2D eigenvalue weighted by molar-refractivity contribution is 7.99. The standard InChI is InChI=1S/C16H19NO3S/c1-11-2-3-14(8-13(11)4-5-15(18)19)16(20)17-9-12-6-7-21-10-12/h2-5,8,12H,6-7,9-10H2,1H3,(H,17,20)(H,18,19)/b5-4+. The van der Waals surface area contributed by atoms with Gasteiger partial charge in [0.1, 0.15) is 0 Å². The van der Waals surface area contributed by atoms with Crippen LogP contribution in [0.2, 0.25) is 0 Å². The predicted octanol–water partition coefficient (Wildman–Crippen LogP) is 2.58. The largest absolute Gasteiger partial charge is 0.478 e. The Morgan fingerprint density at radius 2 is 2.29 bits per heavy atom. The van der Waals surface area contributed by atoms with Crippen LogP contribution in [0.3, 0.4) is 0 Å². The Morgan fingerprint density at radius 3 is 2.95 bits per heavy atom. The Bertz CT molecular complexity index is 563. The Labute approximate surface area is 128 Å². The van der Waals surface area contributed by atoms with Crippen LogP contribution in [0.25, 0.3) is 6.08 Å². The van der Waals surface area contributed by atoms with Crippen molar-refractivity contribution in [2.45, 2.75) is 13.3 Å². The summed E-state index contributed by atoms with van der Waals surface area (Å²) in [4.78, 5) is 22.7. The summed E-state index contributed by atoms with van der Waals surface area (Å²) in [5.74, 6) is 1.76. The second-order valence-electron chi connectivity index (χ2n) is 5.18. The molecule has 1 amide bonds. The Morgan fingerprint density at radius 1 is 1.48 bits per heavy atom. The molecule has 0 aromatic heterocycles. The molecule has 0 spiro atoms. The zero-order valence-corrected chi connectivity index (χ0v) is 12.8. The van der Waals surface area contributed by atoms with E-state index in [2.05, 4.69) is 5.32 Å². The molecule has 2 rings (SSSR count). The minimum absolute atomic E-state index is 0.100. The first-order valence-electron chi connectivity index (χ1n) is 6.94. The van der Waals surface area contributed by atoms with Crippen LogP contribution in [0.5, 0.6) is 0 Å². The lowest BCUT2D eigenvalue weighted by atomic mass is 10.0. The van der Waals surface area contributed by atoms with E-state index in [4.69, 9.17) is 5.11 Å². The molecule has 112 valence electrons. The molecule has 0 saturated carbocycles. The Balaban J connectivity index is 2.03. The average molecular weight is 305 g/mol. The van der Waals surface area contributed by atoms with Gasteiger partial charge in [-0.3, -0.25) is 4.79 Å². The SMILES string of the molecule is Cc1ccc(C(=O)NCC2CCSC2)cc1/C=C/C(=O)O. The van der Waals surface area contributed by atoms with Crippen molar-refractivity contribution in [1.29, 1.82) is 0 Å². The molecule has 1 aliphatic rings. The van der Waals surface area contributed by atoms with E-state index in [-0.39, 0.29) is 5.91 Å². The van der Waals surface area contributed by atoms with Gasteiger partial charge in [0, 0.05) is 18.2 Å². The van der Waals surface area contributed by atoms with E-state index in [1.165, 1.54) is 11.8 Å². The Kier molecular flexibility index (Phi) is 5.44. The van der Waals surface area contributed by atoms with Crippen molar-refractivity contribution in [3.05, 3.63) is 41.0 Å². The number of thioether (sulfide) groups is 1. The summed E-state index contributed by atoms with van der Waals surface area (Å²) in [6.07, 6.45) is 3.76. The topological polar surface area (TPSA) is 66.4 Å². The van der Waals surface area contributed by atoms with Gasteiger partial charge in [-0.1, -0.05) is 6.07 Å². The van der Waals surface area contributed by atoms with Crippen LogP contribution < -0.4 is 5.32 Å². The van der Waals surface area contributed by atoms with Gasteiger partial charge in [-0.05, 0) is 60.1 Å². The number of carbonyl (C=O) groups is 2. The molecule has 1 saturated heterocycles. The maximum Gasteiger partial charge on any atom is 0.328 e. The number of nitrogens with one attached hydrogen (secondary N) is 1. The van der Waals surface area contributed by atoms with Gasteiger partial charge >= 0.3 is 5.97 Å². The summed E-state index contributed by atoms with van der Waals surface area (Å²) in [7, 11) is 0. The van der Waals surface area contributed by atoms with Crippen LogP contribution in [0, 0.1) is 12.8 Å². The van der Waals surface area contributed by atoms with E-state index in [0.717, 1.165) is 29.4 Å². The van der Waals surface area contributed by atoms with Crippen molar-refractivity contribution in [2.75, 3.05) is 18.1 Å². The first-order valence-corrected chi connectivity index (χ1v) is 8.09. The molecule has 1 fully saturated rings. The van der Waals surface area contributed by atoms with Gasteiger partial charge in [0.15, 0.2) is 0 Å². The molecule has 1 aromatic carbocycles. The molecule has 1 unspecified atom stereocenters. The second kappa shape index (κ2) is 7.31. The maximum absolute atomic E-state index is 12.1. The van der Waals surface area contributed by atoms with Crippen molar-refractivity contribution in [3.63, 3.8) is 0 Å². The molecule has 1 heterocycles. The van der Waals surface area contributed by atoms with Gasteiger partial charge in [-0.2, -0.15) is 11.8 Å². The number of hydrogen-bond donors (Lipinski definition) is 2. The van der Waals surface area contributed by atoms with Crippen LogP contribution in [-0.2, 0) is 4.79 Å². The lowest BCUT2D eigenvalue weighted by Gasteiger charge is -2.11. The Hall–Kier alpha value is -1.75. The van der Waals surface area contributed by atoms with Crippen molar-refractivity contribution < 1.29 is 14.7 Å². The fraction of sp³-hybridized carbons (Fsp3) is 0.375. The molecular formula is C16H19NO3S. The van der Waals surface area contributed by atoms with Crippen molar-refractivity contribution in [2.24, 2.45) is 5.92 Å². The lowest BCUT2D eigenvalue weighted by Crippen LogP contribution is -2.29. The molecule has 0 aliphatic carbocycles. The van der Waals surface area contributed by atoms with E-state index in [9.17, 15) is 9.59 Å². The number of aliphatic carboxylic acids is 1. The van der Waals surface area contributed by atoms with Crippen molar-refractivity contribution in [1.82, 2.24) is 5.32 Å². The van der Waals surface area contributed by atoms with Gasteiger partial charge in [0.25, 0.3) is 5.91 Å². The molecule has 1 aromatic rings. The average Bonchev–Trinajstić information content (AvgIpc) is 2.97. The summed E-state index contributed by atoms with van der Waals surface area (Å²) in [5, 5.41) is 11.6. The van der Waals surface area contributed by atoms with Gasteiger partial charge < -0.3 is 10.4 Å². The summed E-state index contributed by atoms with van der Waals surface area (Å²) in [6.45, 7) is 2.60. The van der Waals surface area contributed by atoms with Crippen molar-refractivity contribution in [3.8, 4) is 0 Å². The van der Waals surface area contributed by atoms with E-state index in [1.807, 2.05) is 24.8 Å². The molecule has 0 radical (unpaired) electrons. The van der Waals surface area contributed by atoms with Gasteiger partial charge in [-0.25, -0.2) is 4.79 Å². The van der Waals surface area contributed by atoms with Crippen molar-refractivity contribution >= 4 is 29.7 Å². The number of amides is 1. The maximum atomic E-state index is 12.1. The van der Waals surface area contributed by atoms with E-state index in [1.54, 1.807) is 12.1 Å². The summed E-state index contributed by atoms with van der Waals surface area (Å²) in [5.41, 5.74) is 2.26. The molecule has 1 atom stereocenters. The normalized spacial score (nSPS) is 18.0. The van der Waals surface area contributed by atoms with Crippen LogP contribution in [0.1, 0.15) is 27.9 Å². The third-order valence-electron chi connectivity index (χ3n) is 3.52. The number of benzene rings is 1. The van der Waals surface area contributed by atoms with Crippen LogP contribution >= 0.6 is 11.8 Å². The number of rotatable bonds is 5. The summed E-state index contributed by atoms with van der Waals surface area (Å²) < 4.78 is 0. The molecule has 2 N–H and O–H groups in total. The minimum Gasteiger partial charge on any atom is -0.478 e. The number of hydrogen-bond acceptors (Lipinski definition) is 3. The van der Waals surface area contributed by atoms with E-state index >= 15 is 0 Å². The minimum atomic E-state index is -0.997. The summed E-state index contributed by atoms with van der Waals surface area (Å²) in [6, 6.07) is 5.33. The molecule has 4 nitrogen and oxygen atoms in total. The van der Waals surface area contributed by atoms with Crippen LogP contribution in [0.15, 0.2) is 24.3 Å². The van der Waals surface area contributed by atoms with Crippen LogP contribution in [0.4, 0.5) is 0 Å². The number of carboxylic acid groups (broad SMARTS) is 1. The van der Waals surface area contributed by atoms with E-state index < -0.39 is 5.97 Å². The first kappa shape index (κ1) is 15.6. The quantitative estimate of drug-likeness (QED) is 0.821. The predicted molar refractivity (Wildman–Crippen MR) is 85.6 cm³/mol.